The number of fused-ring (bicyclic) bond motifs is 1. The monoisotopic (exact) mass is 408 g/mol. The predicted octanol–water partition coefficient (Wildman–Crippen LogP) is 5.78. The van der Waals surface area contributed by atoms with Gasteiger partial charge in [-0.3, -0.25) is 0 Å². The summed E-state index contributed by atoms with van der Waals surface area (Å²) in [6.07, 6.45) is 2.07. The number of methoxy groups -OCH3 is 1. The first-order valence-corrected chi connectivity index (χ1v) is 9.87. The molecule has 0 aliphatic heterocycles. The maximum Gasteiger partial charge on any atom is 0.129 e. The van der Waals surface area contributed by atoms with E-state index in [1.54, 1.807) is 19.2 Å². The third kappa shape index (κ3) is 4.14. The van der Waals surface area contributed by atoms with Gasteiger partial charge in [0, 0.05) is 46.3 Å². The van der Waals surface area contributed by atoms with Crippen LogP contribution in [0.15, 0.2) is 72.9 Å². The highest BCUT2D eigenvalue weighted by atomic mass is 35.5. The number of rotatable bonds is 7. The van der Waals surface area contributed by atoms with Gasteiger partial charge in [0.05, 0.1) is 13.7 Å². The van der Waals surface area contributed by atoms with Gasteiger partial charge in [0.1, 0.15) is 11.6 Å². The minimum atomic E-state index is -0.286. The van der Waals surface area contributed by atoms with Crippen molar-refractivity contribution in [1.82, 2.24) is 9.88 Å². The normalized spacial score (nSPS) is 11.1. The van der Waals surface area contributed by atoms with Crippen LogP contribution in [0.5, 0.6) is 5.75 Å². The van der Waals surface area contributed by atoms with E-state index < -0.39 is 0 Å². The summed E-state index contributed by atoms with van der Waals surface area (Å²) < 4.78 is 21.8. The molecule has 0 saturated carbocycles. The lowest BCUT2D eigenvalue weighted by atomic mass is 10.1. The highest BCUT2D eigenvalue weighted by molar-refractivity contribution is 6.31. The fraction of sp³-hybridized carbons (Fsp3) is 0.167. The van der Waals surface area contributed by atoms with E-state index in [0.29, 0.717) is 30.2 Å². The van der Waals surface area contributed by atoms with Crippen molar-refractivity contribution in [3.63, 3.8) is 0 Å². The van der Waals surface area contributed by atoms with E-state index in [4.69, 9.17) is 16.3 Å². The number of hydrogen-bond donors (Lipinski definition) is 1. The lowest BCUT2D eigenvalue weighted by Crippen LogP contribution is -2.13. The Kier molecular flexibility index (Phi) is 5.84. The van der Waals surface area contributed by atoms with Crippen molar-refractivity contribution in [2.24, 2.45) is 0 Å². The van der Waals surface area contributed by atoms with Gasteiger partial charge in [-0.15, -0.1) is 0 Å². The van der Waals surface area contributed by atoms with Gasteiger partial charge < -0.3 is 14.6 Å². The second-order valence-electron chi connectivity index (χ2n) is 6.92. The number of aromatic nitrogens is 1. The Morgan fingerprint density at radius 1 is 0.931 bits per heavy atom. The molecule has 0 aliphatic rings. The van der Waals surface area contributed by atoms with Gasteiger partial charge in [-0.2, -0.15) is 0 Å². The molecule has 0 spiro atoms. The lowest BCUT2D eigenvalue weighted by molar-refractivity contribution is 0.407. The van der Waals surface area contributed by atoms with Crippen LogP contribution in [0.1, 0.15) is 16.7 Å². The maximum atomic E-state index is 14.3. The molecule has 148 valence electrons. The lowest BCUT2D eigenvalue weighted by Gasteiger charge is -2.09. The molecule has 1 aromatic heterocycles. The first-order valence-electron chi connectivity index (χ1n) is 9.49. The molecule has 0 unspecified atom stereocenters. The Balaban J connectivity index is 1.58. The van der Waals surface area contributed by atoms with E-state index in [9.17, 15) is 4.39 Å². The number of para-hydroxylation sites is 2. The number of ether oxygens (including phenoxy) is 1. The molecule has 0 amide bonds. The number of benzene rings is 3. The molecular weight excluding hydrogens is 387 g/mol. The average molecular weight is 409 g/mol. The summed E-state index contributed by atoms with van der Waals surface area (Å²) in [5.74, 6) is 0.586. The van der Waals surface area contributed by atoms with Crippen molar-refractivity contribution in [1.29, 1.82) is 0 Å². The topological polar surface area (TPSA) is 26.2 Å². The van der Waals surface area contributed by atoms with E-state index in [2.05, 4.69) is 28.2 Å². The Bertz CT molecular complexity index is 1120. The van der Waals surface area contributed by atoms with Crippen molar-refractivity contribution in [2.75, 3.05) is 7.11 Å². The molecule has 29 heavy (non-hydrogen) atoms. The van der Waals surface area contributed by atoms with Gasteiger partial charge in [-0.25, -0.2) is 4.39 Å². The quantitative estimate of drug-likeness (QED) is 0.419. The highest BCUT2D eigenvalue weighted by Crippen LogP contribution is 2.26. The largest absolute Gasteiger partial charge is 0.496 e. The van der Waals surface area contributed by atoms with Crippen LogP contribution in [0, 0.1) is 5.82 Å². The summed E-state index contributed by atoms with van der Waals surface area (Å²) in [7, 11) is 1.68. The third-order valence-corrected chi connectivity index (χ3v) is 5.44. The van der Waals surface area contributed by atoms with Gasteiger partial charge in [0.15, 0.2) is 0 Å². The molecule has 0 atom stereocenters. The van der Waals surface area contributed by atoms with Crippen molar-refractivity contribution in [3.05, 3.63) is 100 Å². The molecule has 0 fully saturated rings. The minimum Gasteiger partial charge on any atom is -0.496 e. The summed E-state index contributed by atoms with van der Waals surface area (Å²) in [5.41, 5.74) is 3.82. The van der Waals surface area contributed by atoms with Crippen LogP contribution >= 0.6 is 11.6 Å². The van der Waals surface area contributed by atoms with E-state index in [1.165, 1.54) is 6.07 Å². The molecule has 1 heterocycles. The van der Waals surface area contributed by atoms with Gasteiger partial charge in [0.25, 0.3) is 0 Å². The van der Waals surface area contributed by atoms with Crippen molar-refractivity contribution in [3.8, 4) is 5.75 Å². The molecule has 0 radical (unpaired) electrons. The smallest absolute Gasteiger partial charge is 0.129 e. The van der Waals surface area contributed by atoms with Crippen LogP contribution in [0.25, 0.3) is 10.9 Å². The Labute approximate surface area is 174 Å². The van der Waals surface area contributed by atoms with Crippen LogP contribution in [-0.2, 0) is 19.6 Å². The fourth-order valence-electron chi connectivity index (χ4n) is 3.63. The Morgan fingerprint density at radius 2 is 1.69 bits per heavy atom. The number of halogens is 2. The Morgan fingerprint density at radius 3 is 2.52 bits per heavy atom. The summed E-state index contributed by atoms with van der Waals surface area (Å²) >= 11 is 6.24. The molecule has 5 heteroatoms. The van der Waals surface area contributed by atoms with Crippen LogP contribution < -0.4 is 10.1 Å². The standard InChI is InChI=1S/C24H22ClFN2O/c1-29-24-12-5-2-7-17(24)13-27-14-18-15-28(23-11-4-3-8-19(18)23)16-20-21(25)9-6-10-22(20)26/h2-12,15,27H,13-14,16H2,1H3. The molecule has 4 rings (SSSR count). The number of hydrogen-bond acceptors (Lipinski definition) is 2. The second kappa shape index (κ2) is 8.68. The first kappa shape index (κ1) is 19.5. The van der Waals surface area contributed by atoms with E-state index in [-0.39, 0.29) is 5.82 Å². The fourth-order valence-corrected chi connectivity index (χ4v) is 3.85. The van der Waals surface area contributed by atoms with E-state index in [0.717, 1.165) is 27.8 Å². The average Bonchev–Trinajstić information content (AvgIpc) is 3.09. The highest BCUT2D eigenvalue weighted by Gasteiger charge is 2.12. The van der Waals surface area contributed by atoms with Crippen LogP contribution in [0.4, 0.5) is 4.39 Å². The first-order chi connectivity index (χ1) is 14.2. The van der Waals surface area contributed by atoms with Crippen molar-refractivity contribution >= 4 is 22.5 Å². The van der Waals surface area contributed by atoms with E-state index >= 15 is 0 Å². The summed E-state index contributed by atoms with van der Waals surface area (Å²) in [5, 5.41) is 5.08. The van der Waals surface area contributed by atoms with Gasteiger partial charge in [0.2, 0.25) is 0 Å². The van der Waals surface area contributed by atoms with Crippen molar-refractivity contribution < 1.29 is 9.13 Å². The molecule has 0 bridgehead atoms. The summed E-state index contributed by atoms with van der Waals surface area (Å²) in [4.78, 5) is 0. The Hall–Kier alpha value is -2.82. The molecular formula is C24H22ClFN2O. The molecule has 3 aromatic carbocycles. The van der Waals surface area contributed by atoms with Crippen LogP contribution in [-0.4, -0.2) is 11.7 Å². The van der Waals surface area contributed by atoms with Gasteiger partial charge in [-0.1, -0.05) is 54.1 Å². The molecule has 4 aromatic rings. The van der Waals surface area contributed by atoms with Crippen LogP contribution in [0.2, 0.25) is 5.02 Å². The third-order valence-electron chi connectivity index (χ3n) is 5.08. The zero-order chi connectivity index (χ0) is 20.2. The summed E-state index contributed by atoms with van der Waals surface area (Å²) in [6.45, 7) is 1.78. The second-order valence-corrected chi connectivity index (χ2v) is 7.32. The molecule has 3 nitrogen and oxygen atoms in total. The molecule has 0 saturated heterocycles. The molecule has 0 aliphatic carbocycles. The van der Waals surface area contributed by atoms with Crippen LogP contribution in [0.3, 0.4) is 0 Å². The number of nitrogens with zero attached hydrogens (tertiary/aromatic N) is 1. The van der Waals surface area contributed by atoms with Crippen molar-refractivity contribution in [2.45, 2.75) is 19.6 Å². The van der Waals surface area contributed by atoms with Gasteiger partial charge >= 0.3 is 0 Å². The number of nitrogens with one attached hydrogen (secondary N) is 1. The molecule has 1 N–H and O–H groups in total. The minimum absolute atomic E-state index is 0.286. The SMILES string of the molecule is COc1ccccc1CNCc1cn(Cc2c(F)cccc2Cl)c2ccccc12. The summed E-state index contributed by atoms with van der Waals surface area (Å²) in [6, 6.07) is 20.9. The zero-order valence-electron chi connectivity index (χ0n) is 16.2. The van der Waals surface area contributed by atoms with Gasteiger partial charge in [-0.05, 0) is 29.8 Å². The zero-order valence-corrected chi connectivity index (χ0v) is 16.9. The van der Waals surface area contributed by atoms with E-state index in [1.807, 2.05) is 36.4 Å². The maximum absolute atomic E-state index is 14.3. The predicted molar refractivity (Wildman–Crippen MR) is 116 cm³/mol.